The van der Waals surface area contributed by atoms with Gasteiger partial charge in [-0.25, -0.2) is 0 Å². The number of amides is 1. The molecule has 3 heteroatoms. The minimum atomic E-state index is 0.0716. The van der Waals surface area contributed by atoms with E-state index in [0.717, 1.165) is 23.9 Å². The number of aromatic nitrogens is 1. The molecule has 0 radical (unpaired) electrons. The highest BCUT2D eigenvalue weighted by Crippen LogP contribution is 2.15. The first-order valence-corrected chi connectivity index (χ1v) is 6.55. The summed E-state index contributed by atoms with van der Waals surface area (Å²) in [5.74, 6) is 0.0716. The number of rotatable bonds is 5. The molecule has 2 rings (SSSR count). The van der Waals surface area contributed by atoms with Crippen molar-refractivity contribution in [1.29, 1.82) is 0 Å². The van der Waals surface area contributed by atoms with E-state index in [1.807, 2.05) is 37.4 Å². The largest absolute Gasteiger partial charge is 0.351 e. The third-order valence-corrected chi connectivity index (χ3v) is 3.20. The lowest BCUT2D eigenvalue weighted by Gasteiger charge is -2.15. The van der Waals surface area contributed by atoms with E-state index < -0.39 is 0 Å². The molecule has 0 saturated heterocycles. The molecule has 18 heavy (non-hydrogen) atoms. The number of carbonyl (C=O) groups excluding carboxylic acids is 1. The molecular formula is C15H20N2O. The molecule has 0 bridgehead atoms. The Labute approximate surface area is 108 Å². The van der Waals surface area contributed by atoms with E-state index in [1.54, 1.807) is 4.90 Å². The molecule has 1 aromatic heterocycles. The van der Waals surface area contributed by atoms with E-state index in [9.17, 15) is 4.79 Å². The maximum Gasteiger partial charge on any atom is 0.270 e. The van der Waals surface area contributed by atoms with Crippen LogP contribution in [-0.2, 0) is 0 Å². The molecule has 0 aliphatic rings. The highest BCUT2D eigenvalue weighted by atomic mass is 16.2. The summed E-state index contributed by atoms with van der Waals surface area (Å²) in [6, 6.07) is 9.88. The van der Waals surface area contributed by atoms with Crippen molar-refractivity contribution in [2.45, 2.75) is 26.2 Å². The summed E-state index contributed by atoms with van der Waals surface area (Å²) in [6.07, 6.45) is 3.41. The monoisotopic (exact) mass is 244 g/mol. The SMILES string of the molecule is CCCCCN(C)C(=O)c1cc2ccccc2[nH]1. The first-order chi connectivity index (χ1) is 8.72. The van der Waals surface area contributed by atoms with Crippen LogP contribution in [0.5, 0.6) is 0 Å². The van der Waals surface area contributed by atoms with Crippen LogP contribution in [-0.4, -0.2) is 29.4 Å². The quantitative estimate of drug-likeness (QED) is 0.804. The van der Waals surface area contributed by atoms with Crippen molar-refractivity contribution < 1.29 is 4.79 Å². The van der Waals surface area contributed by atoms with E-state index in [1.165, 1.54) is 12.8 Å². The fourth-order valence-corrected chi connectivity index (χ4v) is 2.09. The molecule has 0 fully saturated rings. The van der Waals surface area contributed by atoms with Gasteiger partial charge in [-0.05, 0) is 18.6 Å². The fourth-order valence-electron chi connectivity index (χ4n) is 2.09. The van der Waals surface area contributed by atoms with Gasteiger partial charge in [-0.15, -0.1) is 0 Å². The molecule has 1 N–H and O–H groups in total. The summed E-state index contributed by atoms with van der Waals surface area (Å²) in [6.45, 7) is 2.99. The molecule has 0 saturated carbocycles. The zero-order valence-corrected chi connectivity index (χ0v) is 11.1. The third kappa shape index (κ3) is 2.73. The summed E-state index contributed by atoms with van der Waals surface area (Å²) in [4.78, 5) is 17.2. The minimum Gasteiger partial charge on any atom is -0.351 e. The maximum absolute atomic E-state index is 12.2. The molecule has 0 spiro atoms. The van der Waals surface area contributed by atoms with Gasteiger partial charge >= 0.3 is 0 Å². The fraction of sp³-hybridized carbons (Fsp3) is 0.400. The second-order valence-electron chi connectivity index (χ2n) is 4.70. The van der Waals surface area contributed by atoms with Crippen LogP contribution in [0.3, 0.4) is 0 Å². The normalized spacial score (nSPS) is 10.8. The summed E-state index contributed by atoms with van der Waals surface area (Å²) in [5, 5.41) is 1.09. The molecular weight excluding hydrogens is 224 g/mol. The Balaban J connectivity index is 2.08. The van der Waals surface area contributed by atoms with E-state index in [2.05, 4.69) is 11.9 Å². The summed E-state index contributed by atoms with van der Waals surface area (Å²) in [5.41, 5.74) is 1.69. The van der Waals surface area contributed by atoms with E-state index >= 15 is 0 Å². The number of hydrogen-bond donors (Lipinski definition) is 1. The van der Waals surface area contributed by atoms with Crippen LogP contribution in [0.2, 0.25) is 0 Å². The molecule has 0 aliphatic carbocycles. The smallest absolute Gasteiger partial charge is 0.270 e. The molecule has 1 heterocycles. The topological polar surface area (TPSA) is 36.1 Å². The standard InChI is InChI=1S/C15H20N2O/c1-3-4-7-10-17(2)15(18)14-11-12-8-5-6-9-13(12)16-14/h5-6,8-9,11,16H,3-4,7,10H2,1-2H3. The van der Waals surface area contributed by atoms with Gasteiger partial charge in [-0.1, -0.05) is 38.0 Å². The number of unbranched alkanes of at least 4 members (excludes halogenated alkanes) is 2. The molecule has 0 aliphatic heterocycles. The predicted molar refractivity (Wildman–Crippen MR) is 74.8 cm³/mol. The zero-order valence-electron chi connectivity index (χ0n) is 11.1. The Kier molecular flexibility index (Phi) is 4.03. The Morgan fingerprint density at radius 3 is 2.78 bits per heavy atom. The number of nitrogens with one attached hydrogen (secondary N) is 1. The van der Waals surface area contributed by atoms with Crippen molar-refractivity contribution in [2.24, 2.45) is 0 Å². The Hall–Kier alpha value is -1.77. The predicted octanol–water partition coefficient (Wildman–Crippen LogP) is 3.43. The lowest BCUT2D eigenvalue weighted by Crippen LogP contribution is -2.27. The van der Waals surface area contributed by atoms with Crippen molar-refractivity contribution in [3.8, 4) is 0 Å². The molecule has 2 aromatic rings. The van der Waals surface area contributed by atoms with Crippen LogP contribution < -0.4 is 0 Å². The Morgan fingerprint density at radius 1 is 1.28 bits per heavy atom. The number of para-hydroxylation sites is 1. The summed E-state index contributed by atoms with van der Waals surface area (Å²) in [7, 11) is 1.86. The van der Waals surface area contributed by atoms with Crippen LogP contribution in [0.4, 0.5) is 0 Å². The molecule has 1 aromatic carbocycles. The number of hydrogen-bond acceptors (Lipinski definition) is 1. The number of fused-ring (bicyclic) bond motifs is 1. The average molecular weight is 244 g/mol. The second kappa shape index (κ2) is 5.71. The van der Waals surface area contributed by atoms with Crippen molar-refractivity contribution in [3.05, 3.63) is 36.0 Å². The van der Waals surface area contributed by atoms with Gasteiger partial charge < -0.3 is 9.88 Å². The summed E-state index contributed by atoms with van der Waals surface area (Å²) < 4.78 is 0. The molecule has 0 unspecified atom stereocenters. The Morgan fingerprint density at radius 2 is 2.06 bits per heavy atom. The maximum atomic E-state index is 12.2. The average Bonchev–Trinajstić information content (AvgIpc) is 2.81. The lowest BCUT2D eigenvalue weighted by molar-refractivity contribution is 0.0788. The number of aromatic amines is 1. The zero-order chi connectivity index (χ0) is 13.0. The van der Waals surface area contributed by atoms with E-state index in [-0.39, 0.29) is 5.91 Å². The second-order valence-corrected chi connectivity index (χ2v) is 4.70. The van der Waals surface area contributed by atoms with Crippen LogP contribution in [0.15, 0.2) is 30.3 Å². The first kappa shape index (κ1) is 12.7. The molecule has 3 nitrogen and oxygen atoms in total. The van der Waals surface area contributed by atoms with Crippen LogP contribution in [0, 0.1) is 0 Å². The van der Waals surface area contributed by atoms with Gasteiger partial charge in [-0.3, -0.25) is 4.79 Å². The van der Waals surface area contributed by atoms with Gasteiger partial charge in [-0.2, -0.15) is 0 Å². The number of carbonyl (C=O) groups is 1. The minimum absolute atomic E-state index is 0.0716. The third-order valence-electron chi connectivity index (χ3n) is 3.20. The molecule has 1 amide bonds. The first-order valence-electron chi connectivity index (χ1n) is 6.55. The lowest BCUT2D eigenvalue weighted by atomic mass is 10.2. The van der Waals surface area contributed by atoms with Crippen LogP contribution >= 0.6 is 0 Å². The van der Waals surface area contributed by atoms with Crippen molar-refractivity contribution in [3.63, 3.8) is 0 Å². The Bertz CT molecular complexity index is 497. The van der Waals surface area contributed by atoms with Crippen molar-refractivity contribution >= 4 is 16.8 Å². The van der Waals surface area contributed by atoms with Crippen LogP contribution in [0.1, 0.15) is 36.7 Å². The van der Waals surface area contributed by atoms with Gasteiger partial charge in [0.1, 0.15) is 5.69 Å². The highest BCUT2D eigenvalue weighted by Gasteiger charge is 2.13. The van der Waals surface area contributed by atoms with Crippen LogP contribution in [0.25, 0.3) is 10.9 Å². The summed E-state index contributed by atoms with van der Waals surface area (Å²) >= 11 is 0. The number of benzene rings is 1. The van der Waals surface area contributed by atoms with Crippen molar-refractivity contribution in [1.82, 2.24) is 9.88 Å². The van der Waals surface area contributed by atoms with Gasteiger partial charge in [0.2, 0.25) is 0 Å². The number of nitrogens with zero attached hydrogens (tertiary/aromatic N) is 1. The van der Waals surface area contributed by atoms with Gasteiger partial charge in [0.05, 0.1) is 0 Å². The van der Waals surface area contributed by atoms with Crippen molar-refractivity contribution in [2.75, 3.05) is 13.6 Å². The van der Waals surface area contributed by atoms with E-state index in [0.29, 0.717) is 5.69 Å². The molecule has 96 valence electrons. The van der Waals surface area contributed by atoms with E-state index in [4.69, 9.17) is 0 Å². The van der Waals surface area contributed by atoms with Gasteiger partial charge in [0.15, 0.2) is 0 Å². The number of H-pyrrole nitrogens is 1. The van der Waals surface area contributed by atoms with Gasteiger partial charge in [0, 0.05) is 24.5 Å². The molecule has 0 atom stereocenters. The van der Waals surface area contributed by atoms with Gasteiger partial charge in [0.25, 0.3) is 5.91 Å². The highest BCUT2D eigenvalue weighted by molar-refractivity contribution is 5.97.